The van der Waals surface area contributed by atoms with Crippen LogP contribution in [0.25, 0.3) is 10.9 Å². The smallest absolute Gasteiger partial charge is 0.408 e. The van der Waals surface area contributed by atoms with Gasteiger partial charge in [0.05, 0.1) is 36.2 Å². The number of likely N-dealkylation sites (tertiary alicyclic amines) is 1. The number of nitrogens with zero attached hydrogens (tertiary/aromatic N) is 3. The Kier molecular flexibility index (Phi) is 12.0. The number of benzene rings is 1. The minimum absolute atomic E-state index is 0.0273. The fraction of sp³-hybridized carbons (Fsp3) is 0.610. The van der Waals surface area contributed by atoms with Gasteiger partial charge in [-0.25, -0.2) is 18.2 Å². The third-order valence-corrected chi connectivity index (χ3v) is 15.1. The summed E-state index contributed by atoms with van der Waals surface area (Å²) < 4.78 is 45.5. The van der Waals surface area contributed by atoms with Crippen LogP contribution in [0.2, 0.25) is 0 Å². The summed E-state index contributed by atoms with van der Waals surface area (Å²) in [7, 11) is -2.43. The van der Waals surface area contributed by atoms with Gasteiger partial charge < -0.3 is 29.7 Å². The van der Waals surface area contributed by atoms with Crippen LogP contribution in [0.5, 0.6) is 11.5 Å². The molecule has 58 heavy (non-hydrogen) atoms. The van der Waals surface area contributed by atoms with E-state index in [0.717, 1.165) is 50.0 Å². The second-order valence-corrected chi connectivity index (χ2v) is 20.1. The highest BCUT2D eigenvalue weighted by Gasteiger charge is 2.61. The maximum absolute atomic E-state index is 14.6. The number of alkyl carbamates (subject to hydrolysis) is 1. The van der Waals surface area contributed by atoms with E-state index in [1.165, 1.54) is 24.8 Å². The van der Waals surface area contributed by atoms with Gasteiger partial charge in [0, 0.05) is 35.1 Å². The molecular formula is C41H54N6O9S2. The van der Waals surface area contributed by atoms with Gasteiger partial charge in [-0.15, -0.1) is 6.58 Å². The quantitative estimate of drug-likeness (QED) is 0.225. The molecule has 7 atom stereocenters. The van der Waals surface area contributed by atoms with Crippen LogP contribution in [0.1, 0.15) is 91.2 Å². The monoisotopic (exact) mass is 838 g/mol. The van der Waals surface area contributed by atoms with Crippen molar-refractivity contribution >= 4 is 61.5 Å². The largest absolute Gasteiger partial charge is 0.497 e. The summed E-state index contributed by atoms with van der Waals surface area (Å²) in [5.74, 6) is -1.87. The molecule has 4 amide bonds. The molecule has 4 unspecified atom stereocenters. The molecule has 2 aliphatic heterocycles. The van der Waals surface area contributed by atoms with E-state index in [-0.39, 0.29) is 37.5 Å². The van der Waals surface area contributed by atoms with Gasteiger partial charge >= 0.3 is 6.09 Å². The van der Waals surface area contributed by atoms with E-state index in [1.807, 2.05) is 24.3 Å². The SMILES string of the molecule is C=CC1CC1(NC(=O)[C@@H]1C[C@@H](Oc2cc(C3=NC4CCCC4S3)nc3cc(OC)ccc23)CN1C(=O)[C@@H](NC(=O)OC1CCCC1)C(C)C)C(=O)NS(=O)(=O)C(C)C. The van der Waals surface area contributed by atoms with Gasteiger partial charge in [0.25, 0.3) is 5.91 Å². The Bertz CT molecular complexity index is 2110. The van der Waals surface area contributed by atoms with Crippen molar-refractivity contribution in [1.82, 2.24) is 25.2 Å². The molecule has 0 bridgehead atoms. The van der Waals surface area contributed by atoms with Gasteiger partial charge in [-0.1, -0.05) is 38.1 Å². The van der Waals surface area contributed by atoms with Crippen molar-refractivity contribution in [1.29, 1.82) is 0 Å². The van der Waals surface area contributed by atoms with Crippen molar-refractivity contribution in [2.75, 3.05) is 13.7 Å². The first-order valence-electron chi connectivity index (χ1n) is 20.3. The lowest BCUT2D eigenvalue weighted by molar-refractivity contribution is -0.141. The molecule has 0 spiro atoms. The molecule has 3 saturated carbocycles. The second-order valence-electron chi connectivity index (χ2n) is 16.7. The molecule has 17 heteroatoms. The third-order valence-electron chi connectivity index (χ3n) is 12.0. The number of aliphatic imine (C=N–C) groups is 1. The number of ether oxygens (including phenoxy) is 3. The molecule has 3 aliphatic carbocycles. The van der Waals surface area contributed by atoms with E-state index in [9.17, 15) is 27.6 Å². The van der Waals surface area contributed by atoms with Crippen LogP contribution in [0.15, 0.2) is 41.9 Å². The number of fused-ring (bicyclic) bond motifs is 2. The van der Waals surface area contributed by atoms with Gasteiger partial charge in [-0.3, -0.25) is 24.1 Å². The molecule has 3 heterocycles. The summed E-state index contributed by atoms with van der Waals surface area (Å²) in [6, 6.07) is 5.40. The number of carbonyl (C=O) groups excluding carboxylic acids is 4. The van der Waals surface area contributed by atoms with Crippen LogP contribution in [0.3, 0.4) is 0 Å². The van der Waals surface area contributed by atoms with Gasteiger partial charge in [0.1, 0.15) is 46.4 Å². The first kappa shape index (κ1) is 41.8. The molecule has 15 nitrogen and oxygen atoms in total. The number of thioether (sulfide) groups is 1. The Morgan fingerprint density at radius 2 is 1.79 bits per heavy atom. The minimum Gasteiger partial charge on any atom is -0.497 e. The normalized spacial score (nSPS) is 27.3. The highest BCUT2D eigenvalue weighted by Crippen LogP contribution is 2.46. The maximum atomic E-state index is 14.6. The van der Waals surface area contributed by atoms with Crippen LogP contribution in [0, 0.1) is 11.8 Å². The third kappa shape index (κ3) is 8.52. The Balaban J connectivity index is 1.19. The van der Waals surface area contributed by atoms with Crippen LogP contribution in [0.4, 0.5) is 4.79 Å². The van der Waals surface area contributed by atoms with Crippen LogP contribution >= 0.6 is 11.8 Å². The molecular weight excluding hydrogens is 785 g/mol. The van der Waals surface area contributed by atoms with Crippen molar-refractivity contribution < 1.29 is 41.8 Å². The van der Waals surface area contributed by atoms with E-state index in [1.54, 1.807) is 32.7 Å². The molecule has 1 aromatic carbocycles. The number of amides is 4. The number of hydrogen-bond donors (Lipinski definition) is 3. The first-order chi connectivity index (χ1) is 27.6. The zero-order chi connectivity index (χ0) is 41.5. The molecule has 0 radical (unpaired) electrons. The highest BCUT2D eigenvalue weighted by molar-refractivity contribution is 8.15. The summed E-state index contributed by atoms with van der Waals surface area (Å²) in [4.78, 5) is 67.0. The average Bonchev–Trinajstić information content (AvgIpc) is 3.74. The van der Waals surface area contributed by atoms with Crippen molar-refractivity contribution in [2.24, 2.45) is 16.8 Å². The standard InChI is InChI=1S/C41H54N6O9S2/c1-7-24-20-41(24,39(50)46-58(52,53)23(4)5)45-36(48)32-18-27(21-47(32)38(49)35(22(2)3)44-40(51)56-25-11-8-9-12-25)55-33-19-31(37-43-29-13-10-14-34(29)57-37)42-30-17-26(54-6)15-16-28(30)33/h7,15-17,19,22-25,27,29,32,34-35H,1,8-14,18,20-21H2,2-6H3,(H,44,51)(H,45,48)(H,46,50)/t24?,27-,29?,32+,34?,35+,41?/m1/s1. The van der Waals surface area contributed by atoms with Gasteiger partial charge in [0.2, 0.25) is 21.8 Å². The van der Waals surface area contributed by atoms with E-state index in [4.69, 9.17) is 24.2 Å². The predicted octanol–water partition coefficient (Wildman–Crippen LogP) is 4.61. The van der Waals surface area contributed by atoms with Crippen LogP contribution in [-0.2, 0) is 29.1 Å². The Labute approximate surface area is 343 Å². The number of aromatic nitrogens is 1. The number of carbonyl (C=O) groups is 4. The van der Waals surface area contributed by atoms with Gasteiger partial charge in [-0.05, 0) is 76.8 Å². The fourth-order valence-corrected chi connectivity index (χ4v) is 10.4. The molecule has 2 aromatic rings. The number of sulfonamides is 1. The lowest BCUT2D eigenvalue weighted by atomic mass is 10.0. The molecule has 7 rings (SSSR count). The number of hydrogen-bond acceptors (Lipinski definition) is 12. The lowest BCUT2D eigenvalue weighted by Crippen LogP contribution is -2.59. The summed E-state index contributed by atoms with van der Waals surface area (Å²) in [5, 5.41) is 6.63. The summed E-state index contributed by atoms with van der Waals surface area (Å²) in [6.07, 6.45) is 6.73. The Morgan fingerprint density at radius 3 is 2.45 bits per heavy atom. The predicted molar refractivity (Wildman–Crippen MR) is 220 cm³/mol. The Morgan fingerprint density at radius 1 is 1.03 bits per heavy atom. The first-order valence-corrected chi connectivity index (χ1v) is 22.7. The molecule has 1 aromatic heterocycles. The average molecular weight is 839 g/mol. The van der Waals surface area contributed by atoms with Crippen molar-refractivity contribution in [3.8, 4) is 11.5 Å². The molecule has 1 saturated heterocycles. The Hall–Kier alpha value is -4.38. The van der Waals surface area contributed by atoms with E-state index >= 15 is 0 Å². The highest BCUT2D eigenvalue weighted by atomic mass is 32.2. The topological polar surface area (TPSA) is 195 Å². The molecule has 4 fully saturated rings. The minimum atomic E-state index is -4.02. The van der Waals surface area contributed by atoms with Crippen molar-refractivity contribution in [3.05, 3.63) is 42.6 Å². The lowest BCUT2D eigenvalue weighted by Gasteiger charge is -2.31. The molecule has 314 valence electrons. The number of rotatable bonds is 14. The van der Waals surface area contributed by atoms with Crippen molar-refractivity contribution in [2.45, 2.75) is 132 Å². The van der Waals surface area contributed by atoms with Crippen LogP contribution in [-0.4, -0.2) is 107 Å². The van der Waals surface area contributed by atoms with Crippen LogP contribution < -0.4 is 24.8 Å². The van der Waals surface area contributed by atoms with E-state index < -0.39 is 68.7 Å². The number of nitrogens with one attached hydrogen (secondary N) is 3. The fourth-order valence-electron chi connectivity index (χ4n) is 8.39. The van der Waals surface area contributed by atoms with Gasteiger partial charge in [-0.2, -0.15) is 0 Å². The summed E-state index contributed by atoms with van der Waals surface area (Å²) in [5.41, 5.74) is -0.290. The van der Waals surface area contributed by atoms with Crippen molar-refractivity contribution in [3.63, 3.8) is 0 Å². The number of methoxy groups -OCH3 is 1. The molecule has 5 aliphatic rings. The summed E-state index contributed by atoms with van der Waals surface area (Å²) in [6.45, 7) is 10.2. The molecule has 3 N–H and O–H groups in total. The maximum Gasteiger partial charge on any atom is 0.408 e. The zero-order valence-electron chi connectivity index (χ0n) is 33.7. The summed E-state index contributed by atoms with van der Waals surface area (Å²) >= 11 is 1.73. The number of pyridine rings is 1. The second kappa shape index (κ2) is 16.7. The van der Waals surface area contributed by atoms with E-state index in [0.29, 0.717) is 33.3 Å². The zero-order valence-corrected chi connectivity index (χ0v) is 35.3. The van der Waals surface area contributed by atoms with E-state index in [2.05, 4.69) is 21.9 Å². The van der Waals surface area contributed by atoms with Gasteiger partial charge in [0.15, 0.2) is 0 Å².